The maximum Gasteiger partial charge on any atom is 0.307 e. The Morgan fingerprint density at radius 2 is 2.06 bits per heavy atom. The van der Waals surface area contributed by atoms with E-state index >= 15 is 0 Å². The van der Waals surface area contributed by atoms with Crippen LogP contribution in [0.25, 0.3) is 0 Å². The summed E-state index contributed by atoms with van der Waals surface area (Å²) in [6.45, 7) is 1.99. The number of anilines is 1. The first-order valence-electron chi connectivity index (χ1n) is 5.37. The Morgan fingerprint density at radius 3 is 2.56 bits per heavy atom. The molecule has 0 aliphatic carbocycles. The number of carbonyl (C=O) groups excluding carboxylic acids is 1. The minimum absolute atomic E-state index is 0.00667. The molecular formula is C12H12F2N2O2. The Labute approximate surface area is 103 Å². The predicted octanol–water partition coefficient (Wildman–Crippen LogP) is 2.20. The van der Waals surface area contributed by atoms with Crippen LogP contribution in [-0.4, -0.2) is 19.1 Å². The second kappa shape index (κ2) is 6.55. The van der Waals surface area contributed by atoms with Crippen LogP contribution in [0, 0.1) is 23.0 Å². The number of nitriles is 1. The molecule has 18 heavy (non-hydrogen) atoms. The van der Waals surface area contributed by atoms with E-state index in [4.69, 9.17) is 5.26 Å². The van der Waals surface area contributed by atoms with E-state index in [1.54, 1.807) is 13.0 Å². The van der Waals surface area contributed by atoms with E-state index < -0.39 is 17.6 Å². The quantitative estimate of drug-likeness (QED) is 0.818. The fourth-order valence-corrected chi connectivity index (χ4v) is 1.33. The Balaban J connectivity index is 2.63. The van der Waals surface area contributed by atoms with Crippen LogP contribution in [-0.2, 0) is 9.53 Å². The van der Waals surface area contributed by atoms with E-state index in [0.29, 0.717) is 0 Å². The topological polar surface area (TPSA) is 62.1 Å². The van der Waals surface area contributed by atoms with E-state index in [9.17, 15) is 13.6 Å². The van der Waals surface area contributed by atoms with Gasteiger partial charge >= 0.3 is 5.97 Å². The smallest absolute Gasteiger partial charge is 0.307 e. The number of ether oxygens (including phenoxy) is 1. The molecule has 1 rings (SSSR count). The van der Waals surface area contributed by atoms with Gasteiger partial charge in [0.05, 0.1) is 24.7 Å². The largest absolute Gasteiger partial charge is 0.466 e. The van der Waals surface area contributed by atoms with Crippen LogP contribution in [0.4, 0.5) is 14.5 Å². The third-order valence-corrected chi connectivity index (χ3v) is 2.11. The number of nitrogens with one attached hydrogen (secondary N) is 1. The van der Waals surface area contributed by atoms with Gasteiger partial charge in [0.2, 0.25) is 0 Å². The SMILES string of the molecule is CCOC(=O)CCNc1c(F)cc(C#N)cc1F. The second-order valence-corrected chi connectivity index (χ2v) is 3.41. The monoisotopic (exact) mass is 254 g/mol. The van der Waals surface area contributed by atoms with Crippen molar-refractivity contribution in [3.8, 4) is 6.07 Å². The fourth-order valence-electron chi connectivity index (χ4n) is 1.33. The number of hydrogen-bond donors (Lipinski definition) is 1. The van der Waals surface area contributed by atoms with Crippen molar-refractivity contribution in [2.24, 2.45) is 0 Å². The molecule has 0 aliphatic heterocycles. The summed E-state index contributed by atoms with van der Waals surface area (Å²) in [5.41, 5.74) is -0.445. The number of carbonyl (C=O) groups is 1. The Hall–Kier alpha value is -2.16. The Kier molecular flexibility index (Phi) is 5.06. The molecule has 0 spiro atoms. The molecule has 0 aromatic heterocycles. The van der Waals surface area contributed by atoms with Crippen LogP contribution in [0.1, 0.15) is 18.9 Å². The summed E-state index contributed by atoms with van der Waals surface area (Å²) in [7, 11) is 0. The molecule has 0 radical (unpaired) electrons. The molecule has 0 unspecified atom stereocenters. The van der Waals surface area contributed by atoms with Crippen LogP contribution < -0.4 is 5.32 Å². The van der Waals surface area contributed by atoms with Crippen LogP contribution in [0.3, 0.4) is 0 Å². The van der Waals surface area contributed by atoms with Gasteiger partial charge in [-0.3, -0.25) is 4.79 Å². The van der Waals surface area contributed by atoms with Gasteiger partial charge in [-0.15, -0.1) is 0 Å². The predicted molar refractivity (Wildman–Crippen MR) is 60.8 cm³/mol. The van der Waals surface area contributed by atoms with Crippen molar-refractivity contribution >= 4 is 11.7 Å². The highest BCUT2D eigenvalue weighted by atomic mass is 19.1. The van der Waals surface area contributed by atoms with Crippen molar-refractivity contribution < 1.29 is 18.3 Å². The summed E-state index contributed by atoms with van der Waals surface area (Å²) in [5.74, 6) is -2.18. The van der Waals surface area contributed by atoms with Crippen LogP contribution in [0.2, 0.25) is 0 Å². The normalized spacial score (nSPS) is 9.67. The maximum absolute atomic E-state index is 13.4. The maximum atomic E-state index is 13.4. The number of halogens is 2. The summed E-state index contributed by atoms with van der Waals surface area (Å²) in [6, 6.07) is 3.50. The van der Waals surface area contributed by atoms with Crippen molar-refractivity contribution in [1.29, 1.82) is 5.26 Å². The lowest BCUT2D eigenvalue weighted by atomic mass is 10.2. The lowest BCUT2D eigenvalue weighted by molar-refractivity contribution is -0.142. The molecule has 0 aliphatic rings. The first kappa shape index (κ1) is 13.9. The summed E-state index contributed by atoms with van der Waals surface area (Å²) in [4.78, 5) is 11.0. The lowest BCUT2D eigenvalue weighted by Gasteiger charge is -2.08. The second-order valence-electron chi connectivity index (χ2n) is 3.41. The molecule has 1 aromatic carbocycles. The van der Waals surface area contributed by atoms with Gasteiger partial charge in [0.15, 0.2) is 11.6 Å². The van der Waals surface area contributed by atoms with Crippen LogP contribution in [0.15, 0.2) is 12.1 Å². The van der Waals surface area contributed by atoms with Gasteiger partial charge in [-0.1, -0.05) is 0 Å². The van der Waals surface area contributed by atoms with Crippen molar-refractivity contribution in [1.82, 2.24) is 0 Å². The average Bonchev–Trinajstić information content (AvgIpc) is 2.32. The Morgan fingerprint density at radius 1 is 1.44 bits per heavy atom. The molecule has 0 heterocycles. The highest BCUT2D eigenvalue weighted by Gasteiger charge is 2.11. The minimum Gasteiger partial charge on any atom is -0.466 e. The van der Waals surface area contributed by atoms with Crippen molar-refractivity contribution in [2.75, 3.05) is 18.5 Å². The van der Waals surface area contributed by atoms with Crippen molar-refractivity contribution in [3.05, 3.63) is 29.3 Å². The minimum atomic E-state index is -0.865. The molecule has 0 fully saturated rings. The van der Waals surface area contributed by atoms with E-state index in [1.807, 2.05) is 0 Å². The third kappa shape index (κ3) is 3.70. The van der Waals surface area contributed by atoms with Gasteiger partial charge in [-0.2, -0.15) is 5.26 Å². The number of rotatable bonds is 5. The zero-order chi connectivity index (χ0) is 13.5. The molecular weight excluding hydrogens is 242 g/mol. The highest BCUT2D eigenvalue weighted by molar-refractivity contribution is 5.70. The summed E-state index contributed by atoms with van der Waals surface area (Å²) in [6.07, 6.45) is 0.00667. The molecule has 0 atom stereocenters. The summed E-state index contributed by atoms with van der Waals surface area (Å²) >= 11 is 0. The standard InChI is InChI=1S/C12H12F2N2O2/c1-2-18-11(17)3-4-16-12-9(13)5-8(7-15)6-10(12)14/h5-6,16H,2-4H2,1H3. The number of hydrogen-bond acceptors (Lipinski definition) is 4. The van der Waals surface area contributed by atoms with Crippen LogP contribution in [0.5, 0.6) is 0 Å². The first-order valence-corrected chi connectivity index (χ1v) is 5.37. The molecule has 1 aromatic rings. The van der Waals surface area contributed by atoms with Gasteiger partial charge in [0, 0.05) is 6.54 Å². The van der Waals surface area contributed by atoms with E-state index in [1.165, 1.54) is 0 Å². The molecule has 0 amide bonds. The summed E-state index contributed by atoms with van der Waals surface area (Å²) < 4.78 is 31.5. The van der Waals surface area contributed by atoms with Gasteiger partial charge < -0.3 is 10.1 Å². The molecule has 6 heteroatoms. The van der Waals surface area contributed by atoms with Crippen molar-refractivity contribution in [3.63, 3.8) is 0 Å². The third-order valence-electron chi connectivity index (χ3n) is 2.11. The van der Waals surface area contributed by atoms with E-state index in [2.05, 4.69) is 10.1 Å². The molecule has 0 bridgehead atoms. The first-order chi connectivity index (χ1) is 8.58. The zero-order valence-electron chi connectivity index (χ0n) is 9.80. The van der Waals surface area contributed by atoms with Crippen LogP contribution >= 0.6 is 0 Å². The van der Waals surface area contributed by atoms with E-state index in [-0.39, 0.29) is 30.8 Å². The zero-order valence-corrected chi connectivity index (χ0v) is 9.80. The molecule has 4 nitrogen and oxygen atoms in total. The number of benzene rings is 1. The van der Waals surface area contributed by atoms with E-state index in [0.717, 1.165) is 12.1 Å². The fraction of sp³-hybridized carbons (Fsp3) is 0.333. The molecule has 96 valence electrons. The highest BCUT2D eigenvalue weighted by Crippen LogP contribution is 2.20. The molecule has 0 saturated carbocycles. The van der Waals surface area contributed by atoms with Gasteiger partial charge in [0.25, 0.3) is 0 Å². The summed E-state index contributed by atoms with van der Waals surface area (Å²) in [5, 5.41) is 11.0. The van der Waals surface area contributed by atoms with Gasteiger partial charge in [0.1, 0.15) is 5.69 Å². The van der Waals surface area contributed by atoms with Crippen molar-refractivity contribution in [2.45, 2.75) is 13.3 Å². The molecule has 1 N–H and O–H groups in total. The average molecular weight is 254 g/mol. The molecule has 0 saturated heterocycles. The number of esters is 1. The van der Waals surface area contributed by atoms with Gasteiger partial charge in [-0.05, 0) is 19.1 Å². The Bertz CT molecular complexity index is 460. The van der Waals surface area contributed by atoms with Gasteiger partial charge in [-0.25, -0.2) is 8.78 Å². The lowest BCUT2D eigenvalue weighted by Crippen LogP contribution is -2.13. The number of nitrogens with zero attached hydrogens (tertiary/aromatic N) is 1.